The average Bonchev–Trinajstić information content (AvgIpc) is 3.25. The van der Waals surface area contributed by atoms with Crippen LogP contribution in [0.4, 0.5) is 5.82 Å². The van der Waals surface area contributed by atoms with Crippen molar-refractivity contribution in [1.29, 1.82) is 0 Å². The van der Waals surface area contributed by atoms with Gasteiger partial charge in [0.25, 0.3) is 0 Å². The number of nitrogen functional groups attached to an aromatic ring is 1. The Labute approximate surface area is 253 Å². The summed E-state index contributed by atoms with van der Waals surface area (Å²) in [6.45, 7) is 2.09. The van der Waals surface area contributed by atoms with Gasteiger partial charge < -0.3 is 25.4 Å². The molecule has 1 aromatic heterocycles. The van der Waals surface area contributed by atoms with Gasteiger partial charge in [0.05, 0.1) is 0 Å². The number of unbranched alkanes of at least 4 members (excludes halogenated alkanes) is 20. The zero-order valence-corrected chi connectivity index (χ0v) is 26.2. The Kier molecular flexibility index (Phi) is 19.5. The molecule has 0 bridgehead atoms. The molecule has 0 amide bonds. The van der Waals surface area contributed by atoms with Crippen LogP contribution < -0.4 is 11.4 Å². The first-order valence-corrected chi connectivity index (χ1v) is 17.0. The molecule has 1 aliphatic heterocycles. The number of aliphatic hydroxyl groups is 2. The van der Waals surface area contributed by atoms with Gasteiger partial charge in [-0.1, -0.05) is 135 Å². The maximum atomic E-state index is 12.1. The van der Waals surface area contributed by atoms with E-state index in [1.807, 2.05) is 0 Å². The van der Waals surface area contributed by atoms with Crippen molar-refractivity contribution in [1.82, 2.24) is 9.55 Å². The molecule has 0 radical (unpaired) electrons. The number of anilines is 1. The van der Waals surface area contributed by atoms with Crippen molar-refractivity contribution >= 4 is 11.8 Å². The molecule has 4 atom stereocenters. The van der Waals surface area contributed by atoms with Gasteiger partial charge in [-0.15, -0.1) is 0 Å². The van der Waals surface area contributed by atoms with Crippen molar-refractivity contribution in [3.05, 3.63) is 22.7 Å². The van der Waals surface area contributed by atoms with Gasteiger partial charge in [0, 0.05) is 12.6 Å². The minimum absolute atomic E-state index is 0.0509. The number of rotatable bonds is 25. The molecule has 2 heterocycles. The third-order valence-electron chi connectivity index (χ3n) is 8.36. The fourth-order valence-corrected chi connectivity index (χ4v) is 5.66. The molecule has 0 aliphatic carbocycles. The summed E-state index contributed by atoms with van der Waals surface area (Å²) >= 11 is 0. The molecule has 1 saturated heterocycles. The molecular weight excluding hydrogens is 534 g/mol. The molecule has 0 saturated carbocycles. The first kappa shape index (κ1) is 36.2. The van der Waals surface area contributed by atoms with Gasteiger partial charge in [0.2, 0.25) is 0 Å². The second-order valence-electron chi connectivity index (χ2n) is 12.1. The van der Waals surface area contributed by atoms with E-state index in [1.165, 1.54) is 128 Å². The number of carbonyl (C=O) groups excluding carboxylic acids is 1. The van der Waals surface area contributed by atoms with Crippen LogP contribution in [0.15, 0.2) is 17.1 Å². The molecule has 42 heavy (non-hydrogen) atoms. The quantitative estimate of drug-likeness (QED) is 0.0853. The largest absolute Gasteiger partial charge is 0.463 e. The lowest BCUT2D eigenvalue weighted by atomic mass is 10.0. The molecule has 1 aliphatic rings. The van der Waals surface area contributed by atoms with Crippen LogP contribution in [0.5, 0.6) is 0 Å². The minimum atomic E-state index is -1.36. The van der Waals surface area contributed by atoms with Crippen molar-refractivity contribution in [3.8, 4) is 0 Å². The highest BCUT2D eigenvalue weighted by Crippen LogP contribution is 2.28. The second kappa shape index (κ2) is 22.6. The van der Waals surface area contributed by atoms with Gasteiger partial charge in [-0.2, -0.15) is 4.98 Å². The van der Waals surface area contributed by atoms with Crippen molar-refractivity contribution in [2.24, 2.45) is 0 Å². The summed E-state index contributed by atoms with van der Waals surface area (Å²) in [5.74, 6) is -0.303. The summed E-state index contributed by atoms with van der Waals surface area (Å²) in [6.07, 6.45) is 24.6. The number of hydrogen-bond acceptors (Lipinski definition) is 8. The highest BCUT2D eigenvalue weighted by molar-refractivity contribution is 5.69. The van der Waals surface area contributed by atoms with Crippen LogP contribution in [0.3, 0.4) is 0 Å². The van der Waals surface area contributed by atoms with Crippen LogP contribution >= 0.6 is 0 Å². The average molecular weight is 594 g/mol. The van der Waals surface area contributed by atoms with E-state index in [4.69, 9.17) is 15.2 Å². The first-order chi connectivity index (χ1) is 20.4. The number of nitrogens with two attached hydrogens (primary N) is 1. The summed E-state index contributed by atoms with van der Waals surface area (Å²) in [5.41, 5.74) is 4.80. The number of carbonyl (C=O) groups is 1. The SMILES string of the molecule is CCCCCCCCCCCCCCCCCCCCCCCC(=O)OC[C@H]1O[C@@H](n2ccc(N)nc2=O)[C@H](O)[C@@H]1O. The molecule has 242 valence electrons. The summed E-state index contributed by atoms with van der Waals surface area (Å²) < 4.78 is 11.9. The molecule has 9 heteroatoms. The van der Waals surface area contributed by atoms with Gasteiger partial charge in [0.15, 0.2) is 6.23 Å². The highest BCUT2D eigenvalue weighted by Gasteiger charge is 2.44. The van der Waals surface area contributed by atoms with Gasteiger partial charge in [0.1, 0.15) is 30.7 Å². The highest BCUT2D eigenvalue weighted by atomic mass is 16.6. The summed E-state index contributed by atoms with van der Waals surface area (Å²) in [5, 5.41) is 20.6. The van der Waals surface area contributed by atoms with E-state index < -0.39 is 30.2 Å². The Balaban J connectivity index is 1.36. The fourth-order valence-electron chi connectivity index (χ4n) is 5.66. The van der Waals surface area contributed by atoms with Crippen LogP contribution in [-0.4, -0.2) is 50.7 Å². The van der Waals surface area contributed by atoms with Crippen molar-refractivity contribution < 1.29 is 24.5 Å². The van der Waals surface area contributed by atoms with E-state index in [1.54, 1.807) is 0 Å². The maximum absolute atomic E-state index is 12.1. The van der Waals surface area contributed by atoms with E-state index in [0.29, 0.717) is 6.42 Å². The maximum Gasteiger partial charge on any atom is 0.351 e. The van der Waals surface area contributed by atoms with Gasteiger partial charge >= 0.3 is 11.7 Å². The number of aromatic nitrogens is 2. The van der Waals surface area contributed by atoms with Crippen molar-refractivity contribution in [2.45, 2.75) is 173 Å². The lowest BCUT2D eigenvalue weighted by molar-refractivity contribution is -0.150. The molecule has 1 fully saturated rings. The van der Waals surface area contributed by atoms with Gasteiger partial charge in [-0.05, 0) is 12.5 Å². The molecular formula is C33H59N3O6. The fraction of sp³-hybridized carbons (Fsp3) is 0.848. The summed E-state index contributed by atoms with van der Waals surface area (Å²) in [4.78, 5) is 27.8. The third-order valence-corrected chi connectivity index (χ3v) is 8.36. The Morgan fingerprint density at radius 2 is 1.26 bits per heavy atom. The first-order valence-electron chi connectivity index (χ1n) is 17.0. The minimum Gasteiger partial charge on any atom is -0.463 e. The normalized spacial score (nSPS) is 20.3. The summed E-state index contributed by atoms with van der Waals surface area (Å²) in [7, 11) is 0. The number of hydrogen-bond donors (Lipinski definition) is 3. The van der Waals surface area contributed by atoms with Crippen LogP contribution in [0.25, 0.3) is 0 Å². The lowest BCUT2D eigenvalue weighted by Crippen LogP contribution is -2.36. The predicted molar refractivity (Wildman–Crippen MR) is 167 cm³/mol. The molecule has 1 aromatic rings. The Morgan fingerprint density at radius 3 is 1.71 bits per heavy atom. The standard InChI is InChI=1S/C33H59N3O6/c1-2-3-4-5-6-7-8-9-10-11-12-13-14-15-16-17-18-19-20-21-22-23-29(37)41-26-27-30(38)31(39)32(42-27)36-25-24-28(34)35-33(36)40/h24-25,27,30-32,38-39H,2-23,26H2,1H3,(H2,34,35,40)/t27-,30-,31-,32-/m1/s1. The van der Waals surface area contributed by atoms with Crippen molar-refractivity contribution in [3.63, 3.8) is 0 Å². The van der Waals surface area contributed by atoms with E-state index in [0.717, 1.165) is 23.8 Å². The Morgan fingerprint density at radius 1 is 0.810 bits per heavy atom. The van der Waals surface area contributed by atoms with Crippen LogP contribution in [-0.2, 0) is 14.3 Å². The van der Waals surface area contributed by atoms with Crippen molar-refractivity contribution in [2.75, 3.05) is 12.3 Å². The number of esters is 1. The number of ether oxygens (including phenoxy) is 2. The predicted octanol–water partition coefficient (Wildman–Crippen LogP) is 6.59. The van der Waals surface area contributed by atoms with E-state index >= 15 is 0 Å². The molecule has 4 N–H and O–H groups in total. The van der Waals surface area contributed by atoms with Gasteiger partial charge in [-0.25, -0.2) is 4.79 Å². The van der Waals surface area contributed by atoms with Crippen LogP contribution in [0, 0.1) is 0 Å². The molecule has 0 aromatic carbocycles. The number of aliphatic hydroxyl groups excluding tert-OH is 2. The number of nitrogens with zero attached hydrogens (tertiary/aromatic N) is 2. The second-order valence-corrected chi connectivity index (χ2v) is 12.1. The monoisotopic (exact) mass is 593 g/mol. The molecule has 9 nitrogen and oxygen atoms in total. The molecule has 0 spiro atoms. The molecule has 2 rings (SSSR count). The zero-order valence-electron chi connectivity index (χ0n) is 26.2. The smallest absolute Gasteiger partial charge is 0.351 e. The van der Waals surface area contributed by atoms with E-state index in [-0.39, 0.29) is 18.4 Å². The zero-order chi connectivity index (χ0) is 30.4. The summed E-state index contributed by atoms with van der Waals surface area (Å²) in [6, 6.07) is 1.40. The Bertz CT molecular complexity index is 895. The van der Waals surface area contributed by atoms with Gasteiger partial charge in [-0.3, -0.25) is 9.36 Å². The van der Waals surface area contributed by atoms with E-state index in [9.17, 15) is 19.8 Å². The third kappa shape index (κ3) is 15.0. The van der Waals surface area contributed by atoms with Crippen LogP contribution in [0.1, 0.15) is 154 Å². The van der Waals surface area contributed by atoms with Crippen LogP contribution in [0.2, 0.25) is 0 Å². The topological polar surface area (TPSA) is 137 Å². The molecule has 0 unspecified atom stereocenters. The van der Waals surface area contributed by atoms with E-state index in [2.05, 4.69) is 11.9 Å². The lowest BCUT2D eigenvalue weighted by Gasteiger charge is -2.16. The Hall–Kier alpha value is -1.97.